The van der Waals surface area contributed by atoms with Crippen molar-refractivity contribution >= 4 is 23.1 Å². The number of piperidine rings is 1. The van der Waals surface area contributed by atoms with E-state index in [-0.39, 0.29) is 17.5 Å². The number of hydrogen-bond donors (Lipinski definition) is 2. The standard InChI is InChI=1S/C14H16N4O2S/c19-13(10-3-7-21-9-10)17-11-2-1-6-18(8-11)12-14(20)16-5-4-15-12/h3-5,7,9,11H,1-2,6,8H2,(H,16,20)(H,17,19). The van der Waals surface area contributed by atoms with Gasteiger partial charge in [0.05, 0.1) is 0 Å². The van der Waals surface area contributed by atoms with Gasteiger partial charge in [-0.3, -0.25) is 9.59 Å². The molecule has 2 N–H and O–H groups in total. The number of H-pyrrole nitrogens is 1. The van der Waals surface area contributed by atoms with Crippen LogP contribution in [0.1, 0.15) is 23.2 Å². The Kier molecular flexibility index (Phi) is 4.01. The van der Waals surface area contributed by atoms with E-state index in [1.165, 1.54) is 17.5 Å². The molecule has 1 aliphatic heterocycles. The lowest BCUT2D eigenvalue weighted by molar-refractivity contribution is 0.0933. The van der Waals surface area contributed by atoms with Gasteiger partial charge in [0, 0.05) is 42.5 Å². The highest BCUT2D eigenvalue weighted by molar-refractivity contribution is 7.08. The summed E-state index contributed by atoms with van der Waals surface area (Å²) in [6, 6.07) is 1.84. The molecular formula is C14H16N4O2S. The number of thiophene rings is 1. The van der Waals surface area contributed by atoms with E-state index in [4.69, 9.17) is 0 Å². The van der Waals surface area contributed by atoms with Gasteiger partial charge in [0.15, 0.2) is 5.82 Å². The number of rotatable bonds is 3. The highest BCUT2D eigenvalue weighted by Gasteiger charge is 2.24. The molecule has 2 aromatic rings. The van der Waals surface area contributed by atoms with Crippen molar-refractivity contribution in [1.29, 1.82) is 0 Å². The van der Waals surface area contributed by atoms with E-state index < -0.39 is 0 Å². The summed E-state index contributed by atoms with van der Waals surface area (Å²) in [5.41, 5.74) is 0.495. The Labute approximate surface area is 125 Å². The SMILES string of the molecule is O=C(NC1CCCN(c2ncc[nH]c2=O)C1)c1ccsc1. The van der Waals surface area contributed by atoms with Gasteiger partial charge >= 0.3 is 0 Å². The first kappa shape index (κ1) is 13.8. The molecule has 1 fully saturated rings. The van der Waals surface area contributed by atoms with Crippen LogP contribution in [0.5, 0.6) is 0 Å². The molecule has 1 saturated heterocycles. The zero-order valence-electron chi connectivity index (χ0n) is 11.4. The van der Waals surface area contributed by atoms with Crippen molar-refractivity contribution in [2.45, 2.75) is 18.9 Å². The van der Waals surface area contributed by atoms with E-state index in [1.807, 2.05) is 21.7 Å². The minimum absolute atomic E-state index is 0.0348. The van der Waals surface area contributed by atoms with Crippen molar-refractivity contribution < 1.29 is 4.79 Å². The minimum Gasteiger partial charge on any atom is -0.350 e. The Morgan fingerprint density at radius 1 is 1.52 bits per heavy atom. The van der Waals surface area contributed by atoms with E-state index in [0.717, 1.165) is 19.4 Å². The quantitative estimate of drug-likeness (QED) is 0.894. The predicted molar refractivity (Wildman–Crippen MR) is 81.9 cm³/mol. The predicted octanol–water partition coefficient (Wildman–Crippen LogP) is 1.23. The number of nitrogens with zero attached hydrogens (tertiary/aromatic N) is 2. The monoisotopic (exact) mass is 304 g/mol. The lowest BCUT2D eigenvalue weighted by atomic mass is 10.1. The van der Waals surface area contributed by atoms with Crippen LogP contribution in [-0.4, -0.2) is 35.0 Å². The molecule has 110 valence electrons. The third kappa shape index (κ3) is 3.13. The smallest absolute Gasteiger partial charge is 0.290 e. The topological polar surface area (TPSA) is 78.1 Å². The van der Waals surface area contributed by atoms with Crippen molar-refractivity contribution in [3.8, 4) is 0 Å². The fraction of sp³-hybridized carbons (Fsp3) is 0.357. The summed E-state index contributed by atoms with van der Waals surface area (Å²) in [5.74, 6) is 0.366. The van der Waals surface area contributed by atoms with Gasteiger partial charge in [0.25, 0.3) is 11.5 Å². The second-order valence-corrected chi connectivity index (χ2v) is 5.79. The number of amides is 1. The maximum absolute atomic E-state index is 12.1. The summed E-state index contributed by atoms with van der Waals surface area (Å²) in [7, 11) is 0. The van der Waals surface area contributed by atoms with Gasteiger partial charge in [-0.25, -0.2) is 4.98 Å². The van der Waals surface area contributed by atoms with Gasteiger partial charge in [-0.1, -0.05) is 0 Å². The average Bonchev–Trinajstić information content (AvgIpc) is 3.02. The molecular weight excluding hydrogens is 288 g/mol. The summed E-state index contributed by atoms with van der Waals surface area (Å²) in [6.45, 7) is 1.39. The second kappa shape index (κ2) is 6.09. The molecule has 1 atom stereocenters. The van der Waals surface area contributed by atoms with Crippen molar-refractivity contribution in [3.05, 3.63) is 45.1 Å². The molecule has 1 unspecified atom stereocenters. The van der Waals surface area contributed by atoms with Crippen LogP contribution in [0.3, 0.4) is 0 Å². The van der Waals surface area contributed by atoms with Crippen molar-refractivity contribution in [2.75, 3.05) is 18.0 Å². The molecule has 7 heteroatoms. The molecule has 1 aliphatic rings. The molecule has 0 aliphatic carbocycles. The van der Waals surface area contributed by atoms with Crippen LogP contribution in [-0.2, 0) is 0 Å². The lowest BCUT2D eigenvalue weighted by Crippen LogP contribution is -2.49. The maximum atomic E-state index is 12.1. The highest BCUT2D eigenvalue weighted by atomic mass is 32.1. The van der Waals surface area contributed by atoms with Crippen LogP contribution in [0.4, 0.5) is 5.82 Å². The number of aromatic amines is 1. The molecule has 0 spiro atoms. The molecule has 0 bridgehead atoms. The second-order valence-electron chi connectivity index (χ2n) is 5.01. The van der Waals surface area contributed by atoms with Crippen LogP contribution < -0.4 is 15.8 Å². The Bertz CT molecular complexity index is 668. The minimum atomic E-state index is -0.192. The number of carbonyl (C=O) groups excluding carboxylic acids is 1. The number of nitrogens with one attached hydrogen (secondary N) is 2. The lowest BCUT2D eigenvalue weighted by Gasteiger charge is -2.33. The first-order valence-corrected chi connectivity index (χ1v) is 7.80. The fourth-order valence-corrected chi connectivity index (χ4v) is 3.15. The van der Waals surface area contributed by atoms with Gasteiger partial charge in [0.2, 0.25) is 0 Å². The van der Waals surface area contributed by atoms with E-state index in [9.17, 15) is 9.59 Å². The van der Waals surface area contributed by atoms with Gasteiger partial charge in [-0.15, -0.1) is 0 Å². The first-order valence-electron chi connectivity index (χ1n) is 6.86. The van der Waals surface area contributed by atoms with Crippen LogP contribution >= 0.6 is 11.3 Å². The molecule has 3 rings (SSSR count). The summed E-state index contributed by atoms with van der Waals surface area (Å²) in [5, 5.41) is 6.74. The Morgan fingerprint density at radius 2 is 2.43 bits per heavy atom. The van der Waals surface area contributed by atoms with Crippen LogP contribution in [0.15, 0.2) is 34.0 Å². The number of hydrogen-bond acceptors (Lipinski definition) is 5. The maximum Gasteiger partial charge on any atom is 0.290 e. The number of carbonyl (C=O) groups is 1. The first-order chi connectivity index (χ1) is 10.2. The molecule has 0 radical (unpaired) electrons. The molecule has 3 heterocycles. The van der Waals surface area contributed by atoms with Crippen LogP contribution in [0.25, 0.3) is 0 Å². The summed E-state index contributed by atoms with van der Waals surface area (Å²) in [6.07, 6.45) is 4.93. The van der Waals surface area contributed by atoms with Gasteiger partial charge in [-0.05, 0) is 24.3 Å². The number of anilines is 1. The molecule has 21 heavy (non-hydrogen) atoms. The van der Waals surface area contributed by atoms with Gasteiger partial charge in [-0.2, -0.15) is 11.3 Å². The van der Waals surface area contributed by atoms with Crippen molar-refractivity contribution in [1.82, 2.24) is 15.3 Å². The van der Waals surface area contributed by atoms with Gasteiger partial charge in [0.1, 0.15) is 0 Å². The zero-order valence-corrected chi connectivity index (χ0v) is 12.2. The van der Waals surface area contributed by atoms with E-state index in [2.05, 4.69) is 15.3 Å². The Morgan fingerprint density at radius 3 is 3.19 bits per heavy atom. The van der Waals surface area contributed by atoms with Crippen LogP contribution in [0, 0.1) is 0 Å². The summed E-state index contributed by atoms with van der Waals surface area (Å²) >= 11 is 1.50. The third-order valence-electron chi connectivity index (χ3n) is 3.53. The van der Waals surface area contributed by atoms with E-state index >= 15 is 0 Å². The van der Waals surface area contributed by atoms with E-state index in [1.54, 1.807) is 6.20 Å². The fourth-order valence-electron chi connectivity index (χ4n) is 2.52. The summed E-state index contributed by atoms with van der Waals surface area (Å²) < 4.78 is 0. The van der Waals surface area contributed by atoms with Crippen molar-refractivity contribution in [3.63, 3.8) is 0 Å². The Hall–Kier alpha value is -2.15. The van der Waals surface area contributed by atoms with E-state index in [0.29, 0.717) is 17.9 Å². The van der Waals surface area contributed by atoms with Gasteiger partial charge < -0.3 is 15.2 Å². The Balaban J connectivity index is 1.68. The number of aromatic nitrogens is 2. The molecule has 2 aromatic heterocycles. The molecule has 6 nitrogen and oxygen atoms in total. The highest BCUT2D eigenvalue weighted by Crippen LogP contribution is 2.15. The van der Waals surface area contributed by atoms with Crippen LogP contribution in [0.2, 0.25) is 0 Å². The molecule has 0 saturated carbocycles. The third-order valence-corrected chi connectivity index (χ3v) is 4.21. The zero-order chi connectivity index (χ0) is 14.7. The molecule has 1 amide bonds. The average molecular weight is 304 g/mol. The largest absolute Gasteiger partial charge is 0.350 e. The summed E-state index contributed by atoms with van der Waals surface area (Å²) in [4.78, 5) is 32.6. The molecule has 0 aromatic carbocycles. The van der Waals surface area contributed by atoms with Crippen molar-refractivity contribution in [2.24, 2.45) is 0 Å². The normalized spacial score (nSPS) is 18.5.